The van der Waals surface area contributed by atoms with Gasteiger partial charge >= 0.3 is 0 Å². The molecule has 0 aliphatic heterocycles. The van der Waals surface area contributed by atoms with E-state index in [1.165, 1.54) is 0 Å². The Kier molecular flexibility index (Phi) is 5.60. The third kappa shape index (κ3) is 3.66. The van der Waals surface area contributed by atoms with E-state index >= 15 is 0 Å². The van der Waals surface area contributed by atoms with Crippen molar-refractivity contribution in [1.29, 1.82) is 0 Å². The maximum atomic E-state index is 5.82. The van der Waals surface area contributed by atoms with Gasteiger partial charge < -0.3 is 0 Å². The van der Waals surface area contributed by atoms with Crippen molar-refractivity contribution >= 4 is 66.7 Å². The molecule has 0 aliphatic rings. The fourth-order valence-corrected chi connectivity index (χ4v) is 1.50. The van der Waals surface area contributed by atoms with Gasteiger partial charge in [-0.15, -0.1) is 34.8 Å². The van der Waals surface area contributed by atoms with E-state index in [0.717, 1.165) is 0 Å². The summed E-state index contributed by atoms with van der Waals surface area (Å²) in [6, 6.07) is 0. The van der Waals surface area contributed by atoms with E-state index in [2.05, 4.69) is 31.9 Å². The lowest BCUT2D eigenvalue weighted by Gasteiger charge is -2.20. The van der Waals surface area contributed by atoms with Crippen LogP contribution in [0.1, 0.15) is 0 Å². The minimum atomic E-state index is -0.615. The lowest BCUT2D eigenvalue weighted by molar-refractivity contribution is 0.897. The largest absolute Gasteiger partial charge is 0.126 e. The van der Waals surface area contributed by atoms with Gasteiger partial charge in [0.25, 0.3) is 0 Å². The van der Waals surface area contributed by atoms with Crippen molar-refractivity contribution in [2.24, 2.45) is 0 Å². The normalized spacial score (nSPS) is 21.0. The molecule has 0 aromatic heterocycles. The van der Waals surface area contributed by atoms with Crippen LogP contribution < -0.4 is 0 Å². The summed E-state index contributed by atoms with van der Waals surface area (Å²) in [5, 5.41) is 0. The molecule has 0 spiro atoms. The minimum Gasteiger partial charge on any atom is -0.125 e. The first kappa shape index (κ1) is 10.8. The van der Waals surface area contributed by atoms with Crippen molar-refractivity contribution in [3.8, 4) is 0 Å². The predicted molar refractivity (Wildman–Crippen MR) is 51.7 cm³/mol. The van der Waals surface area contributed by atoms with E-state index in [4.69, 9.17) is 34.8 Å². The molecule has 0 aliphatic carbocycles. The van der Waals surface area contributed by atoms with Gasteiger partial charge in [-0.3, -0.25) is 0 Å². The number of alkyl halides is 5. The van der Waals surface area contributed by atoms with Crippen LogP contribution in [-0.4, -0.2) is 20.4 Å². The molecule has 0 bridgehead atoms. The summed E-state index contributed by atoms with van der Waals surface area (Å²) in [7, 11) is 0. The highest BCUT2D eigenvalue weighted by Crippen LogP contribution is 2.34. The molecule has 0 N–H and O–H groups in total. The smallest absolute Gasteiger partial charge is 0.125 e. The molecule has 0 saturated carbocycles. The predicted octanol–water partition coefficient (Wildman–Crippen LogP) is 3.56. The van der Waals surface area contributed by atoms with Gasteiger partial charge in [-0.05, 0) is 0 Å². The third-order valence-corrected chi connectivity index (χ3v) is 5.55. The zero-order valence-corrected chi connectivity index (χ0v) is 9.82. The number of hydrogen-bond acceptors (Lipinski definition) is 0. The summed E-state index contributed by atoms with van der Waals surface area (Å²) >= 11 is 23.3. The fraction of sp³-hybridized carbons (Fsp3) is 1.00. The fourth-order valence-electron chi connectivity index (χ4n) is 0.197. The standard InChI is InChI=1S/C4H5Br2Cl3/c5-3(1-7)4(6,9)2-8/h3H,1-2H2. The van der Waals surface area contributed by atoms with E-state index in [0.29, 0.717) is 11.8 Å². The zero-order valence-electron chi connectivity index (χ0n) is 4.38. The first-order valence-electron chi connectivity index (χ1n) is 2.18. The molecule has 0 nitrogen and oxygen atoms in total. The quantitative estimate of drug-likeness (QED) is 0.698. The second-order valence-corrected chi connectivity index (χ2v) is 5.74. The second-order valence-electron chi connectivity index (χ2n) is 1.52. The third-order valence-electron chi connectivity index (χ3n) is 0.772. The topological polar surface area (TPSA) is 0 Å². The van der Waals surface area contributed by atoms with Gasteiger partial charge in [0.1, 0.15) is 3.78 Å². The molecule has 0 saturated heterocycles. The lowest BCUT2D eigenvalue weighted by atomic mass is 10.4. The molecule has 0 radical (unpaired) electrons. The van der Waals surface area contributed by atoms with Crippen molar-refractivity contribution in [2.75, 3.05) is 11.8 Å². The van der Waals surface area contributed by atoms with Gasteiger partial charge in [0.2, 0.25) is 0 Å². The summed E-state index contributed by atoms with van der Waals surface area (Å²) in [4.78, 5) is -0.00849. The SMILES string of the molecule is ClCC(Br)C(Cl)(Br)CCl. The molecule has 5 heteroatoms. The molecule has 0 aromatic rings. The Morgan fingerprint density at radius 1 is 1.44 bits per heavy atom. The highest BCUT2D eigenvalue weighted by Gasteiger charge is 2.30. The van der Waals surface area contributed by atoms with Crippen molar-refractivity contribution in [3.05, 3.63) is 0 Å². The molecule has 9 heavy (non-hydrogen) atoms. The highest BCUT2D eigenvalue weighted by molar-refractivity contribution is 9.13. The van der Waals surface area contributed by atoms with Gasteiger partial charge in [0.15, 0.2) is 0 Å². The average Bonchev–Trinajstić information content (AvgIpc) is 1.86. The molecule has 0 amide bonds. The minimum absolute atomic E-state index is 0.00849. The highest BCUT2D eigenvalue weighted by atomic mass is 79.9. The molecule has 0 rings (SSSR count). The molecule has 2 unspecified atom stereocenters. The first-order valence-corrected chi connectivity index (χ1v) is 5.34. The molecule has 2 atom stereocenters. The van der Waals surface area contributed by atoms with Gasteiger partial charge in [0.05, 0.1) is 10.7 Å². The Labute approximate surface area is 86.5 Å². The Balaban J connectivity index is 3.80. The Hall–Kier alpha value is 1.83. The van der Waals surface area contributed by atoms with Gasteiger partial charge in [-0.25, -0.2) is 0 Å². The zero-order chi connectivity index (χ0) is 7.49. The van der Waals surface area contributed by atoms with Crippen LogP contribution in [0.4, 0.5) is 0 Å². The van der Waals surface area contributed by atoms with E-state index in [1.807, 2.05) is 0 Å². The van der Waals surface area contributed by atoms with E-state index in [9.17, 15) is 0 Å². The van der Waals surface area contributed by atoms with Crippen LogP contribution in [0.15, 0.2) is 0 Å². The van der Waals surface area contributed by atoms with E-state index < -0.39 is 3.78 Å². The van der Waals surface area contributed by atoms with E-state index in [-0.39, 0.29) is 4.83 Å². The van der Waals surface area contributed by atoms with Crippen molar-refractivity contribution in [3.63, 3.8) is 0 Å². The van der Waals surface area contributed by atoms with Crippen LogP contribution in [-0.2, 0) is 0 Å². The summed E-state index contributed by atoms with van der Waals surface area (Å²) in [6.07, 6.45) is 0. The summed E-state index contributed by atoms with van der Waals surface area (Å²) in [5.74, 6) is 0.749. The number of hydrogen-bond donors (Lipinski definition) is 0. The first-order chi connectivity index (χ1) is 4.04. The molecule has 56 valence electrons. The second kappa shape index (κ2) is 4.66. The van der Waals surface area contributed by atoms with Crippen molar-refractivity contribution < 1.29 is 0 Å². The maximum absolute atomic E-state index is 5.82. The lowest BCUT2D eigenvalue weighted by Crippen LogP contribution is -2.28. The molecule has 0 fully saturated rings. The molecular formula is C4H5Br2Cl3. The van der Waals surface area contributed by atoms with Gasteiger partial charge in [-0.1, -0.05) is 31.9 Å². The van der Waals surface area contributed by atoms with Crippen molar-refractivity contribution in [1.82, 2.24) is 0 Å². The molecular weight excluding hydrogens is 314 g/mol. The van der Waals surface area contributed by atoms with Crippen LogP contribution in [0, 0.1) is 0 Å². The van der Waals surface area contributed by atoms with Crippen LogP contribution >= 0.6 is 66.7 Å². The summed E-state index contributed by atoms with van der Waals surface area (Å²) < 4.78 is -0.615. The molecule has 0 aromatic carbocycles. The average molecular weight is 319 g/mol. The summed E-state index contributed by atoms with van der Waals surface area (Å²) in [5.41, 5.74) is 0. The van der Waals surface area contributed by atoms with E-state index in [1.54, 1.807) is 0 Å². The van der Waals surface area contributed by atoms with Crippen molar-refractivity contribution in [2.45, 2.75) is 8.61 Å². The monoisotopic (exact) mass is 316 g/mol. The van der Waals surface area contributed by atoms with Crippen LogP contribution in [0.25, 0.3) is 0 Å². The van der Waals surface area contributed by atoms with Crippen LogP contribution in [0.5, 0.6) is 0 Å². The maximum Gasteiger partial charge on any atom is 0.126 e. The van der Waals surface area contributed by atoms with Gasteiger partial charge in [0, 0.05) is 5.88 Å². The Bertz CT molecular complexity index is 85.9. The Morgan fingerprint density at radius 2 is 1.89 bits per heavy atom. The van der Waals surface area contributed by atoms with Crippen LogP contribution in [0.3, 0.4) is 0 Å². The number of halogens is 5. The summed E-state index contributed by atoms with van der Waals surface area (Å²) in [6.45, 7) is 0. The van der Waals surface area contributed by atoms with Gasteiger partial charge in [-0.2, -0.15) is 0 Å². The Morgan fingerprint density at radius 3 is 2.00 bits per heavy atom. The van der Waals surface area contributed by atoms with Crippen LogP contribution in [0.2, 0.25) is 0 Å². The number of rotatable bonds is 3. The molecule has 0 heterocycles.